The third kappa shape index (κ3) is 4.02. The van der Waals surface area contributed by atoms with E-state index in [1.165, 1.54) is 11.3 Å². The van der Waals surface area contributed by atoms with Gasteiger partial charge < -0.3 is 10.0 Å². The van der Waals surface area contributed by atoms with Crippen LogP contribution in [0.4, 0.5) is 0 Å². The summed E-state index contributed by atoms with van der Waals surface area (Å²) in [7, 11) is 0. The highest BCUT2D eigenvalue weighted by molar-refractivity contribution is 7.13. The number of carbonyl (C=O) groups is 2. The molecule has 0 aromatic carbocycles. The summed E-state index contributed by atoms with van der Waals surface area (Å²) in [5.74, 6) is -1.05. The van der Waals surface area contributed by atoms with Crippen molar-refractivity contribution >= 4 is 23.2 Å². The standard InChI is InChI=1S/C13H20N2O3S/c1-8-11(19-9(2)14-8)12(18)15(13(3,4)5)7-6-10(16)17/h6-7H2,1-5H3,(H,16,17). The number of rotatable bonds is 4. The molecule has 0 saturated carbocycles. The van der Waals surface area contributed by atoms with Gasteiger partial charge in [0.2, 0.25) is 0 Å². The van der Waals surface area contributed by atoms with Gasteiger partial charge >= 0.3 is 5.97 Å². The van der Waals surface area contributed by atoms with Gasteiger partial charge in [-0.15, -0.1) is 11.3 Å². The van der Waals surface area contributed by atoms with Gasteiger partial charge in [-0.3, -0.25) is 9.59 Å². The highest BCUT2D eigenvalue weighted by Crippen LogP contribution is 2.23. The van der Waals surface area contributed by atoms with E-state index in [9.17, 15) is 9.59 Å². The number of carboxylic acid groups (broad SMARTS) is 1. The number of aryl methyl sites for hydroxylation is 2. The molecule has 5 nitrogen and oxygen atoms in total. The number of hydrogen-bond acceptors (Lipinski definition) is 4. The Morgan fingerprint density at radius 3 is 2.26 bits per heavy atom. The molecule has 0 bridgehead atoms. The molecule has 19 heavy (non-hydrogen) atoms. The van der Waals surface area contributed by atoms with Crippen molar-refractivity contribution in [2.75, 3.05) is 6.54 Å². The second-order valence-corrected chi connectivity index (χ2v) is 6.62. The number of hydrogen-bond donors (Lipinski definition) is 1. The van der Waals surface area contributed by atoms with Gasteiger partial charge in [0.1, 0.15) is 4.88 Å². The summed E-state index contributed by atoms with van der Waals surface area (Å²) >= 11 is 1.35. The van der Waals surface area contributed by atoms with Gasteiger partial charge in [0.15, 0.2) is 0 Å². The molecule has 6 heteroatoms. The van der Waals surface area contributed by atoms with E-state index < -0.39 is 11.5 Å². The van der Waals surface area contributed by atoms with Crippen molar-refractivity contribution in [3.63, 3.8) is 0 Å². The van der Waals surface area contributed by atoms with Crippen LogP contribution < -0.4 is 0 Å². The lowest BCUT2D eigenvalue weighted by atomic mass is 10.0. The summed E-state index contributed by atoms with van der Waals surface area (Å²) in [5.41, 5.74) is 0.286. The molecule has 1 rings (SSSR count). The molecular formula is C13H20N2O3S. The quantitative estimate of drug-likeness (QED) is 0.922. The minimum Gasteiger partial charge on any atom is -0.481 e. The van der Waals surface area contributed by atoms with Crippen LogP contribution in [0.25, 0.3) is 0 Å². The summed E-state index contributed by atoms with van der Waals surface area (Å²) in [6, 6.07) is 0. The fraction of sp³-hybridized carbons (Fsp3) is 0.615. The van der Waals surface area contributed by atoms with E-state index in [0.29, 0.717) is 10.6 Å². The van der Waals surface area contributed by atoms with E-state index in [4.69, 9.17) is 5.11 Å². The molecule has 1 N–H and O–H groups in total. The Hall–Kier alpha value is -1.43. The third-order valence-corrected chi connectivity index (χ3v) is 3.76. The number of carbonyl (C=O) groups excluding carboxylic acids is 1. The smallest absolute Gasteiger partial charge is 0.305 e. The Morgan fingerprint density at radius 1 is 1.32 bits per heavy atom. The number of aliphatic carboxylic acids is 1. The van der Waals surface area contributed by atoms with Crippen molar-refractivity contribution in [2.45, 2.75) is 46.6 Å². The second kappa shape index (κ2) is 5.69. The summed E-state index contributed by atoms with van der Waals surface area (Å²) in [6.45, 7) is 9.55. The second-order valence-electron chi connectivity index (χ2n) is 5.42. The molecule has 106 valence electrons. The van der Waals surface area contributed by atoms with Crippen LogP contribution in [-0.2, 0) is 4.79 Å². The van der Waals surface area contributed by atoms with Gasteiger partial charge in [0, 0.05) is 12.1 Å². The van der Waals surface area contributed by atoms with E-state index in [-0.39, 0.29) is 18.9 Å². The maximum Gasteiger partial charge on any atom is 0.305 e. The lowest BCUT2D eigenvalue weighted by Crippen LogP contribution is -2.46. The minimum atomic E-state index is -0.903. The first-order chi connectivity index (χ1) is 8.62. The van der Waals surface area contributed by atoms with Crippen LogP contribution in [0.15, 0.2) is 0 Å². The molecule has 1 aromatic rings. The van der Waals surface area contributed by atoms with Crippen LogP contribution in [-0.4, -0.2) is 39.0 Å². The van der Waals surface area contributed by atoms with Gasteiger partial charge in [-0.1, -0.05) is 0 Å². The van der Waals surface area contributed by atoms with Crippen LogP contribution in [0.3, 0.4) is 0 Å². The molecule has 0 unspecified atom stereocenters. The van der Waals surface area contributed by atoms with Crippen molar-refractivity contribution in [3.8, 4) is 0 Å². The Balaban J connectivity index is 3.01. The number of aromatic nitrogens is 1. The van der Waals surface area contributed by atoms with E-state index in [2.05, 4.69) is 4.98 Å². The first-order valence-electron chi connectivity index (χ1n) is 6.10. The normalized spacial score (nSPS) is 11.4. The van der Waals surface area contributed by atoms with Gasteiger partial charge in [0.05, 0.1) is 17.1 Å². The zero-order valence-electron chi connectivity index (χ0n) is 12.0. The fourth-order valence-corrected chi connectivity index (χ4v) is 2.67. The van der Waals surface area contributed by atoms with E-state index in [1.54, 1.807) is 11.8 Å². The summed E-state index contributed by atoms with van der Waals surface area (Å²) < 4.78 is 0. The van der Waals surface area contributed by atoms with Crippen LogP contribution in [0.2, 0.25) is 0 Å². The zero-order valence-corrected chi connectivity index (χ0v) is 12.8. The Bertz CT molecular complexity index is 489. The molecule has 0 aliphatic carbocycles. The molecule has 0 spiro atoms. The molecule has 0 fully saturated rings. The third-order valence-electron chi connectivity index (χ3n) is 2.70. The molecule has 0 saturated heterocycles. The van der Waals surface area contributed by atoms with Crippen LogP contribution >= 0.6 is 11.3 Å². The Kier molecular flexibility index (Phi) is 4.68. The maximum absolute atomic E-state index is 12.5. The molecule has 1 amide bonds. The monoisotopic (exact) mass is 284 g/mol. The highest BCUT2D eigenvalue weighted by Gasteiger charge is 2.29. The molecule has 0 aliphatic heterocycles. The lowest BCUT2D eigenvalue weighted by molar-refractivity contribution is -0.137. The topological polar surface area (TPSA) is 70.5 Å². The largest absolute Gasteiger partial charge is 0.481 e. The van der Waals surface area contributed by atoms with Crippen LogP contribution in [0, 0.1) is 13.8 Å². The number of nitrogens with zero attached hydrogens (tertiary/aromatic N) is 2. The van der Waals surface area contributed by atoms with Crippen molar-refractivity contribution in [3.05, 3.63) is 15.6 Å². The number of amides is 1. The molecule has 0 atom stereocenters. The summed E-state index contributed by atoms with van der Waals surface area (Å²) in [4.78, 5) is 29.7. The van der Waals surface area contributed by atoms with Crippen molar-refractivity contribution in [1.29, 1.82) is 0 Å². The average molecular weight is 284 g/mol. The van der Waals surface area contributed by atoms with Crippen LogP contribution in [0.5, 0.6) is 0 Å². The SMILES string of the molecule is Cc1nc(C)c(C(=O)N(CCC(=O)O)C(C)(C)C)s1. The molecular weight excluding hydrogens is 264 g/mol. The highest BCUT2D eigenvalue weighted by atomic mass is 32.1. The Labute approximate surface area is 117 Å². The van der Waals surface area contributed by atoms with Gasteiger partial charge in [-0.25, -0.2) is 4.98 Å². The predicted octanol–water partition coefficient (Wildman–Crippen LogP) is 2.48. The summed E-state index contributed by atoms with van der Waals surface area (Å²) in [5, 5.41) is 9.63. The van der Waals surface area contributed by atoms with Crippen molar-refractivity contribution < 1.29 is 14.7 Å². The zero-order chi connectivity index (χ0) is 14.8. The Morgan fingerprint density at radius 2 is 1.89 bits per heavy atom. The first kappa shape index (κ1) is 15.6. The van der Waals surface area contributed by atoms with Gasteiger partial charge in [-0.05, 0) is 34.6 Å². The first-order valence-corrected chi connectivity index (χ1v) is 6.92. The van der Waals surface area contributed by atoms with Gasteiger partial charge in [-0.2, -0.15) is 0 Å². The minimum absolute atomic E-state index is 0.0557. The van der Waals surface area contributed by atoms with Crippen molar-refractivity contribution in [1.82, 2.24) is 9.88 Å². The summed E-state index contributed by atoms with van der Waals surface area (Å²) in [6.07, 6.45) is -0.0557. The van der Waals surface area contributed by atoms with Crippen LogP contribution in [0.1, 0.15) is 47.6 Å². The molecule has 0 aliphatic rings. The molecule has 1 heterocycles. The fourth-order valence-electron chi connectivity index (χ4n) is 1.80. The van der Waals surface area contributed by atoms with E-state index in [1.807, 2.05) is 27.7 Å². The average Bonchev–Trinajstić information content (AvgIpc) is 2.55. The van der Waals surface area contributed by atoms with Crippen molar-refractivity contribution in [2.24, 2.45) is 0 Å². The van der Waals surface area contributed by atoms with E-state index in [0.717, 1.165) is 5.01 Å². The maximum atomic E-state index is 12.5. The lowest BCUT2D eigenvalue weighted by Gasteiger charge is -2.35. The number of carboxylic acids is 1. The van der Waals surface area contributed by atoms with Gasteiger partial charge in [0.25, 0.3) is 5.91 Å². The van der Waals surface area contributed by atoms with E-state index >= 15 is 0 Å². The predicted molar refractivity (Wildman–Crippen MR) is 74.6 cm³/mol. The molecule has 0 radical (unpaired) electrons. The molecule has 1 aromatic heterocycles. The number of thiazole rings is 1.